The summed E-state index contributed by atoms with van der Waals surface area (Å²) in [6.07, 6.45) is 1.06. The minimum Gasteiger partial charge on any atom is -0.378 e. The molecule has 0 unspecified atom stereocenters. The van der Waals surface area contributed by atoms with Gasteiger partial charge in [0.05, 0.1) is 13.2 Å². The van der Waals surface area contributed by atoms with E-state index in [9.17, 15) is 9.59 Å². The Morgan fingerprint density at radius 1 is 0.800 bits per heavy atom. The summed E-state index contributed by atoms with van der Waals surface area (Å²) in [5.74, 6) is 1.80. The van der Waals surface area contributed by atoms with Crippen molar-refractivity contribution in [1.82, 2.24) is 30.1 Å². The first-order valence-electron chi connectivity index (χ1n) is 15.7. The summed E-state index contributed by atoms with van der Waals surface area (Å²) in [5, 5.41) is 8.56. The molecule has 2 saturated heterocycles. The molecule has 0 bridgehead atoms. The molecule has 0 spiro atoms. The Morgan fingerprint density at radius 3 is 2.04 bits per heavy atom. The number of carbonyl (C=O) groups is 2. The van der Waals surface area contributed by atoms with Gasteiger partial charge in [0.1, 0.15) is 0 Å². The van der Waals surface area contributed by atoms with E-state index in [1.54, 1.807) is 24.3 Å². The smallest absolute Gasteiger partial charge is 0.323 e. The van der Waals surface area contributed by atoms with Gasteiger partial charge in [-0.25, -0.2) is 4.79 Å². The van der Waals surface area contributed by atoms with Crippen LogP contribution in [0.1, 0.15) is 23.7 Å². The summed E-state index contributed by atoms with van der Waals surface area (Å²) in [6.45, 7) is 11.1. The standard InChI is InChI=1S/C32H44N10O3/c1-4-40-15-5-16-41(19-18-40)30-36-28(37-31(38-30)42-20-22-45-23-21-42)24-6-10-26(11-7-24)34-32(44)35-27-12-8-25(9-13-27)29(43)33-14-17-39(2)3/h6-13H,4-5,14-23H2,1-3H3,(H,33,43)(H2,34,35,44). The number of hydrogen-bond acceptors (Lipinski definition) is 10. The maximum absolute atomic E-state index is 12.7. The first-order chi connectivity index (χ1) is 21.9. The van der Waals surface area contributed by atoms with E-state index in [2.05, 4.69) is 37.6 Å². The highest BCUT2D eigenvalue weighted by atomic mass is 16.5. The van der Waals surface area contributed by atoms with Crippen LogP contribution in [0, 0.1) is 0 Å². The first-order valence-corrected chi connectivity index (χ1v) is 15.7. The number of amides is 3. The van der Waals surface area contributed by atoms with Crippen LogP contribution in [0.3, 0.4) is 0 Å². The van der Waals surface area contributed by atoms with Crippen molar-refractivity contribution in [3.63, 3.8) is 0 Å². The summed E-state index contributed by atoms with van der Waals surface area (Å²) in [4.78, 5) is 48.5. The molecule has 0 atom stereocenters. The second-order valence-electron chi connectivity index (χ2n) is 11.4. The number of urea groups is 1. The molecular weight excluding hydrogens is 572 g/mol. The SMILES string of the molecule is CCN1CCCN(c2nc(-c3ccc(NC(=O)Nc4ccc(C(=O)NCCN(C)C)cc4)cc3)nc(N3CCOCC3)n2)CC1. The van der Waals surface area contributed by atoms with Crippen molar-refractivity contribution in [2.75, 3.05) is 107 Å². The van der Waals surface area contributed by atoms with Gasteiger partial charge in [-0.2, -0.15) is 15.0 Å². The molecule has 3 heterocycles. The van der Waals surface area contributed by atoms with Crippen LogP contribution in [-0.4, -0.2) is 123 Å². The van der Waals surface area contributed by atoms with E-state index in [0.29, 0.717) is 54.4 Å². The molecule has 3 amide bonds. The van der Waals surface area contributed by atoms with E-state index in [1.807, 2.05) is 43.3 Å². The van der Waals surface area contributed by atoms with Gasteiger partial charge >= 0.3 is 6.03 Å². The molecule has 0 saturated carbocycles. The Morgan fingerprint density at radius 2 is 1.42 bits per heavy atom. The minimum absolute atomic E-state index is 0.148. The van der Waals surface area contributed by atoms with Crippen molar-refractivity contribution in [3.05, 3.63) is 54.1 Å². The number of morpholine rings is 1. The van der Waals surface area contributed by atoms with E-state index in [0.717, 1.165) is 64.3 Å². The molecule has 2 fully saturated rings. The summed E-state index contributed by atoms with van der Waals surface area (Å²) < 4.78 is 5.55. The number of carbonyl (C=O) groups excluding carboxylic acids is 2. The first kappa shape index (κ1) is 32.1. The number of anilines is 4. The van der Waals surface area contributed by atoms with Crippen molar-refractivity contribution in [1.29, 1.82) is 0 Å². The van der Waals surface area contributed by atoms with Gasteiger partial charge in [0, 0.05) is 68.3 Å². The zero-order valence-corrected chi connectivity index (χ0v) is 26.5. The highest BCUT2D eigenvalue weighted by Crippen LogP contribution is 2.24. The Labute approximate surface area is 265 Å². The van der Waals surface area contributed by atoms with E-state index in [1.165, 1.54) is 0 Å². The fourth-order valence-electron chi connectivity index (χ4n) is 5.21. The monoisotopic (exact) mass is 616 g/mol. The van der Waals surface area contributed by atoms with Gasteiger partial charge in [-0.15, -0.1) is 0 Å². The van der Waals surface area contributed by atoms with Crippen LogP contribution in [0.25, 0.3) is 11.4 Å². The molecule has 3 aromatic rings. The van der Waals surface area contributed by atoms with Crippen LogP contribution in [-0.2, 0) is 4.74 Å². The second kappa shape index (κ2) is 15.6. The van der Waals surface area contributed by atoms with Gasteiger partial charge in [0.15, 0.2) is 5.82 Å². The molecule has 2 aliphatic rings. The molecule has 13 heteroatoms. The van der Waals surface area contributed by atoms with E-state index >= 15 is 0 Å². The Bertz CT molecular complexity index is 1410. The highest BCUT2D eigenvalue weighted by molar-refractivity contribution is 6.00. The fourth-order valence-corrected chi connectivity index (χ4v) is 5.21. The molecule has 2 aliphatic heterocycles. The topological polar surface area (TPSA) is 131 Å². The quantitative estimate of drug-likeness (QED) is 0.313. The molecule has 240 valence electrons. The molecular formula is C32H44N10O3. The zero-order chi connectivity index (χ0) is 31.6. The van der Waals surface area contributed by atoms with Crippen LogP contribution in [0.2, 0.25) is 0 Å². The molecule has 2 aromatic carbocycles. The summed E-state index contributed by atoms with van der Waals surface area (Å²) in [5.41, 5.74) is 2.58. The third-order valence-corrected chi connectivity index (χ3v) is 7.87. The zero-order valence-electron chi connectivity index (χ0n) is 26.5. The van der Waals surface area contributed by atoms with Gasteiger partial charge in [-0.1, -0.05) is 6.92 Å². The number of aromatic nitrogens is 3. The lowest BCUT2D eigenvalue weighted by Gasteiger charge is -2.28. The third kappa shape index (κ3) is 9.10. The van der Waals surface area contributed by atoms with Gasteiger partial charge < -0.3 is 40.3 Å². The van der Waals surface area contributed by atoms with Crippen LogP contribution in [0.15, 0.2) is 48.5 Å². The molecule has 3 N–H and O–H groups in total. The van der Waals surface area contributed by atoms with Crippen molar-refractivity contribution >= 4 is 35.2 Å². The molecule has 0 aliphatic carbocycles. The van der Waals surface area contributed by atoms with Crippen molar-refractivity contribution in [2.45, 2.75) is 13.3 Å². The second-order valence-corrected chi connectivity index (χ2v) is 11.4. The van der Waals surface area contributed by atoms with Gasteiger partial charge in [0.2, 0.25) is 11.9 Å². The van der Waals surface area contributed by atoms with Crippen LogP contribution < -0.4 is 25.8 Å². The summed E-state index contributed by atoms with van der Waals surface area (Å²) in [6, 6.07) is 13.9. The van der Waals surface area contributed by atoms with Crippen molar-refractivity contribution in [3.8, 4) is 11.4 Å². The molecule has 13 nitrogen and oxygen atoms in total. The van der Waals surface area contributed by atoms with E-state index in [-0.39, 0.29) is 11.9 Å². The highest BCUT2D eigenvalue weighted by Gasteiger charge is 2.22. The van der Waals surface area contributed by atoms with Crippen molar-refractivity contribution < 1.29 is 14.3 Å². The lowest BCUT2D eigenvalue weighted by molar-refractivity contribution is 0.0951. The number of rotatable bonds is 10. The molecule has 1 aromatic heterocycles. The van der Waals surface area contributed by atoms with E-state index in [4.69, 9.17) is 19.7 Å². The summed E-state index contributed by atoms with van der Waals surface area (Å²) >= 11 is 0. The van der Waals surface area contributed by atoms with Crippen LogP contribution in [0.4, 0.5) is 28.1 Å². The number of ether oxygens (including phenoxy) is 1. The summed E-state index contributed by atoms with van der Waals surface area (Å²) in [7, 11) is 3.91. The fraction of sp³-hybridized carbons (Fsp3) is 0.469. The van der Waals surface area contributed by atoms with Gasteiger partial charge in [-0.05, 0) is 82.1 Å². The van der Waals surface area contributed by atoms with E-state index < -0.39 is 0 Å². The van der Waals surface area contributed by atoms with Gasteiger partial charge in [0.25, 0.3) is 5.91 Å². The Kier molecular flexibility index (Phi) is 11.1. The average molecular weight is 617 g/mol. The largest absolute Gasteiger partial charge is 0.378 e. The molecule has 0 radical (unpaired) electrons. The predicted octanol–water partition coefficient (Wildman–Crippen LogP) is 2.84. The van der Waals surface area contributed by atoms with Crippen molar-refractivity contribution in [2.24, 2.45) is 0 Å². The van der Waals surface area contributed by atoms with Crippen LogP contribution >= 0.6 is 0 Å². The number of nitrogens with one attached hydrogen (secondary N) is 3. The Hall–Kier alpha value is -4.33. The van der Waals surface area contributed by atoms with Gasteiger partial charge in [-0.3, -0.25) is 4.79 Å². The number of nitrogens with zero attached hydrogens (tertiary/aromatic N) is 7. The number of hydrogen-bond donors (Lipinski definition) is 3. The maximum atomic E-state index is 12.7. The average Bonchev–Trinajstić information content (AvgIpc) is 3.31. The number of benzene rings is 2. The predicted molar refractivity (Wildman–Crippen MR) is 177 cm³/mol. The maximum Gasteiger partial charge on any atom is 0.323 e. The third-order valence-electron chi connectivity index (χ3n) is 7.87. The molecule has 45 heavy (non-hydrogen) atoms. The number of likely N-dealkylation sites (N-methyl/N-ethyl adjacent to an activating group) is 2. The normalized spacial score (nSPS) is 15.9. The lowest BCUT2D eigenvalue weighted by Crippen LogP contribution is -2.38. The molecule has 5 rings (SSSR count). The van der Waals surface area contributed by atoms with Crippen LogP contribution in [0.5, 0.6) is 0 Å². The lowest BCUT2D eigenvalue weighted by atomic mass is 10.2. The Balaban J connectivity index is 1.24. The minimum atomic E-state index is -0.384.